The van der Waals surface area contributed by atoms with E-state index in [2.05, 4.69) is 89.5 Å². The van der Waals surface area contributed by atoms with Crippen LogP contribution in [0.1, 0.15) is 35.4 Å². The Balaban J connectivity index is 1.04. The molecule has 3 aromatic carbocycles. The van der Waals surface area contributed by atoms with Crippen molar-refractivity contribution >= 4 is 16.8 Å². The molecule has 1 aliphatic heterocycles. The summed E-state index contributed by atoms with van der Waals surface area (Å²) in [5.74, 6) is 1.69. The molecule has 0 saturated heterocycles. The van der Waals surface area contributed by atoms with Crippen molar-refractivity contribution in [3.8, 4) is 22.4 Å². The average molecular weight is 503 g/mol. The normalized spacial score (nSPS) is 14.9. The summed E-state index contributed by atoms with van der Waals surface area (Å²) in [5, 5.41) is 4.38. The first-order valence-corrected chi connectivity index (χ1v) is 13.6. The lowest BCUT2D eigenvalue weighted by Gasteiger charge is -2.23. The van der Waals surface area contributed by atoms with Crippen LogP contribution >= 0.6 is 0 Å². The van der Waals surface area contributed by atoms with Crippen LogP contribution in [0.5, 0.6) is 0 Å². The Hall–Kier alpha value is -4.12. The van der Waals surface area contributed by atoms with Crippen molar-refractivity contribution in [1.82, 2.24) is 19.9 Å². The monoisotopic (exact) mass is 502 g/mol. The maximum absolute atomic E-state index is 12.6. The summed E-state index contributed by atoms with van der Waals surface area (Å²) in [4.78, 5) is 20.8. The second-order valence-electron chi connectivity index (χ2n) is 10.6. The Labute approximate surface area is 223 Å². The molecular weight excluding hydrogens is 468 g/mol. The molecule has 3 heterocycles. The lowest BCUT2D eigenvalue weighted by Crippen LogP contribution is -2.33. The Morgan fingerprint density at radius 3 is 2.63 bits per heavy atom. The third-order valence-electron chi connectivity index (χ3n) is 8.00. The van der Waals surface area contributed by atoms with E-state index in [1.165, 1.54) is 33.2 Å². The average Bonchev–Trinajstić information content (AvgIpc) is 3.56. The van der Waals surface area contributed by atoms with Crippen LogP contribution in [0, 0.1) is 19.8 Å². The number of fused-ring (bicyclic) bond motifs is 2. The molecule has 5 aromatic rings. The number of amides is 1. The van der Waals surface area contributed by atoms with Gasteiger partial charge in [0.2, 0.25) is 5.91 Å². The number of aromatic nitrogens is 3. The molecular formula is C33H34N4O. The molecule has 38 heavy (non-hydrogen) atoms. The first kappa shape index (κ1) is 24.2. The van der Waals surface area contributed by atoms with Crippen molar-refractivity contribution in [2.75, 3.05) is 6.54 Å². The molecule has 0 saturated carbocycles. The van der Waals surface area contributed by atoms with Crippen LogP contribution in [0.25, 0.3) is 33.3 Å². The number of aromatic amines is 1. The molecule has 192 valence electrons. The molecule has 1 aliphatic rings. The van der Waals surface area contributed by atoms with Gasteiger partial charge in [0, 0.05) is 54.8 Å². The topological polar surface area (TPSA) is 62.7 Å². The van der Waals surface area contributed by atoms with Gasteiger partial charge < -0.3 is 14.9 Å². The molecule has 0 aliphatic carbocycles. The van der Waals surface area contributed by atoms with E-state index in [0.29, 0.717) is 18.9 Å². The summed E-state index contributed by atoms with van der Waals surface area (Å²) in [6, 6.07) is 23.6. The van der Waals surface area contributed by atoms with Gasteiger partial charge in [0.15, 0.2) is 0 Å². The summed E-state index contributed by atoms with van der Waals surface area (Å²) in [7, 11) is 0. The van der Waals surface area contributed by atoms with E-state index in [9.17, 15) is 4.79 Å². The lowest BCUT2D eigenvalue weighted by molar-refractivity contribution is -0.121. The van der Waals surface area contributed by atoms with Gasteiger partial charge in [-0.15, -0.1) is 0 Å². The summed E-state index contributed by atoms with van der Waals surface area (Å²) in [6.07, 6.45) is 7.44. The number of nitrogens with zero attached hydrogens (tertiary/aromatic N) is 2. The van der Waals surface area contributed by atoms with Crippen LogP contribution < -0.4 is 5.32 Å². The van der Waals surface area contributed by atoms with Crippen molar-refractivity contribution in [2.45, 2.75) is 46.1 Å². The minimum Gasteiger partial charge on any atom is -0.361 e. The van der Waals surface area contributed by atoms with Gasteiger partial charge in [-0.2, -0.15) is 0 Å². The second kappa shape index (κ2) is 10.3. The van der Waals surface area contributed by atoms with Gasteiger partial charge in [0.25, 0.3) is 0 Å². The summed E-state index contributed by atoms with van der Waals surface area (Å²) < 4.78 is 2.28. The molecule has 1 amide bonds. The van der Waals surface area contributed by atoms with Crippen molar-refractivity contribution in [2.24, 2.45) is 5.92 Å². The van der Waals surface area contributed by atoms with Gasteiger partial charge in [-0.05, 0) is 66.5 Å². The number of hydrogen-bond acceptors (Lipinski definition) is 2. The number of nitrogens with one attached hydrogen (secondary N) is 2. The number of rotatable bonds is 7. The quantitative estimate of drug-likeness (QED) is 0.262. The molecule has 2 N–H and O–H groups in total. The lowest BCUT2D eigenvalue weighted by atomic mass is 9.99. The van der Waals surface area contributed by atoms with Crippen molar-refractivity contribution in [1.29, 1.82) is 0 Å². The molecule has 5 heteroatoms. The summed E-state index contributed by atoms with van der Waals surface area (Å²) in [5.41, 5.74) is 9.59. The first-order chi connectivity index (χ1) is 18.5. The van der Waals surface area contributed by atoms with Crippen LogP contribution in [0.15, 0.2) is 79.1 Å². The molecule has 5 nitrogen and oxygen atoms in total. The fourth-order valence-corrected chi connectivity index (χ4v) is 5.51. The molecule has 0 radical (unpaired) electrons. The number of imidazole rings is 1. The smallest absolute Gasteiger partial charge is 0.220 e. The van der Waals surface area contributed by atoms with E-state index in [-0.39, 0.29) is 5.91 Å². The Kier molecular flexibility index (Phi) is 6.59. The Bertz CT molecular complexity index is 1590. The van der Waals surface area contributed by atoms with E-state index in [4.69, 9.17) is 4.98 Å². The standard InChI is InChI=1S/C33H34N4O/c1-22-7-9-27(17-23(22)2)25-10-12-26(13-11-25)31-21-37-20-24(8-15-32(37)36-31)18-35-33(38)16-14-28-19-34-30-6-4-3-5-29(28)30/h3-7,9-13,17,19,21,24,34H,8,14-16,18,20H2,1-2H3,(H,35,38). The Morgan fingerprint density at radius 1 is 1.00 bits per heavy atom. The number of H-pyrrole nitrogens is 1. The van der Waals surface area contributed by atoms with E-state index in [0.717, 1.165) is 48.4 Å². The fourth-order valence-electron chi connectivity index (χ4n) is 5.51. The van der Waals surface area contributed by atoms with Gasteiger partial charge in [0.05, 0.1) is 5.69 Å². The molecule has 1 atom stereocenters. The van der Waals surface area contributed by atoms with Crippen molar-refractivity contribution in [3.63, 3.8) is 0 Å². The highest BCUT2D eigenvalue weighted by atomic mass is 16.1. The fraction of sp³-hybridized carbons (Fsp3) is 0.273. The Morgan fingerprint density at radius 2 is 1.79 bits per heavy atom. The van der Waals surface area contributed by atoms with Crippen molar-refractivity contribution < 1.29 is 4.79 Å². The molecule has 1 unspecified atom stereocenters. The number of aryl methyl sites for hydroxylation is 4. The highest BCUT2D eigenvalue weighted by molar-refractivity contribution is 5.84. The molecule has 0 spiro atoms. The van der Waals surface area contributed by atoms with E-state index < -0.39 is 0 Å². The van der Waals surface area contributed by atoms with Gasteiger partial charge in [-0.3, -0.25) is 4.79 Å². The summed E-state index contributed by atoms with van der Waals surface area (Å²) >= 11 is 0. The highest BCUT2D eigenvalue weighted by Gasteiger charge is 2.21. The van der Waals surface area contributed by atoms with Crippen molar-refractivity contribution in [3.05, 3.63) is 102 Å². The minimum atomic E-state index is 0.122. The van der Waals surface area contributed by atoms with Gasteiger partial charge in [-0.25, -0.2) is 4.98 Å². The van der Waals surface area contributed by atoms with Gasteiger partial charge >= 0.3 is 0 Å². The number of benzene rings is 3. The minimum absolute atomic E-state index is 0.122. The van der Waals surface area contributed by atoms with E-state index in [1.54, 1.807) is 0 Å². The van der Waals surface area contributed by atoms with Crippen LogP contribution in [0.2, 0.25) is 0 Å². The van der Waals surface area contributed by atoms with E-state index in [1.807, 2.05) is 18.3 Å². The van der Waals surface area contributed by atoms with Gasteiger partial charge in [0.1, 0.15) is 5.82 Å². The molecule has 0 fully saturated rings. The summed E-state index contributed by atoms with van der Waals surface area (Å²) in [6.45, 7) is 5.91. The van der Waals surface area contributed by atoms with Gasteiger partial charge in [-0.1, -0.05) is 60.7 Å². The van der Waals surface area contributed by atoms with E-state index >= 15 is 0 Å². The number of hydrogen-bond donors (Lipinski definition) is 2. The largest absolute Gasteiger partial charge is 0.361 e. The second-order valence-corrected chi connectivity index (χ2v) is 10.6. The maximum Gasteiger partial charge on any atom is 0.220 e. The predicted molar refractivity (Wildman–Crippen MR) is 154 cm³/mol. The molecule has 2 aromatic heterocycles. The highest BCUT2D eigenvalue weighted by Crippen LogP contribution is 2.28. The van der Waals surface area contributed by atoms with Crippen LogP contribution in [0.4, 0.5) is 0 Å². The molecule has 6 rings (SSSR count). The SMILES string of the molecule is Cc1ccc(-c2ccc(-c3cn4c(n3)CCC(CNC(=O)CCc3c[nH]c5ccccc35)C4)cc2)cc1C. The zero-order chi connectivity index (χ0) is 26.1. The predicted octanol–water partition coefficient (Wildman–Crippen LogP) is 6.63. The third kappa shape index (κ3) is 5.01. The number of carbonyl (C=O) groups excluding carboxylic acids is 1. The zero-order valence-electron chi connectivity index (χ0n) is 22.1. The number of carbonyl (C=O) groups is 1. The molecule has 0 bridgehead atoms. The zero-order valence-corrected chi connectivity index (χ0v) is 22.1. The van der Waals surface area contributed by atoms with Crippen LogP contribution in [-0.2, 0) is 24.2 Å². The van der Waals surface area contributed by atoms with Crippen LogP contribution in [0.3, 0.4) is 0 Å². The first-order valence-electron chi connectivity index (χ1n) is 13.6. The third-order valence-corrected chi connectivity index (χ3v) is 8.00. The maximum atomic E-state index is 12.6. The number of para-hydroxylation sites is 1. The van der Waals surface area contributed by atoms with Crippen LogP contribution in [-0.4, -0.2) is 27.0 Å².